The Kier molecular flexibility index (Phi) is 6.73. The molecule has 1 amide bonds. The van der Waals surface area contributed by atoms with Crippen molar-refractivity contribution in [1.29, 1.82) is 0 Å². The van der Waals surface area contributed by atoms with Crippen LogP contribution in [0.2, 0.25) is 0 Å². The molecule has 0 aromatic heterocycles. The summed E-state index contributed by atoms with van der Waals surface area (Å²) in [5, 5.41) is 2.61. The van der Waals surface area contributed by atoms with E-state index in [1.807, 2.05) is 26.0 Å². The van der Waals surface area contributed by atoms with Gasteiger partial charge in [0.15, 0.2) is 6.10 Å². The Bertz CT molecular complexity index is 550. The first-order valence-electron chi connectivity index (χ1n) is 6.77. The second-order valence-corrected chi connectivity index (χ2v) is 5.99. The van der Waals surface area contributed by atoms with Crippen LogP contribution in [0.3, 0.4) is 0 Å². The highest BCUT2D eigenvalue weighted by atomic mass is 79.9. The minimum atomic E-state index is -0.620. The molecule has 5 heteroatoms. The summed E-state index contributed by atoms with van der Waals surface area (Å²) in [4.78, 5) is 11.9. The standard InChI is InChI=1S/C16H21BrN2O2/c1-5-6-19-16(20)12(4)21-15-10(2)7-14(17)9-13(15)8-11(3)18/h1,7,9,11-12H,6,8,18H2,2-4H3,(H,19,20). The van der Waals surface area contributed by atoms with Gasteiger partial charge < -0.3 is 15.8 Å². The van der Waals surface area contributed by atoms with Crippen LogP contribution >= 0.6 is 15.9 Å². The van der Waals surface area contributed by atoms with Gasteiger partial charge in [0.2, 0.25) is 0 Å². The van der Waals surface area contributed by atoms with Crippen LogP contribution in [0.25, 0.3) is 0 Å². The number of nitrogens with two attached hydrogens (primary N) is 1. The lowest BCUT2D eigenvalue weighted by atomic mass is 10.0. The average molecular weight is 353 g/mol. The van der Waals surface area contributed by atoms with Crippen molar-refractivity contribution in [2.75, 3.05) is 6.54 Å². The largest absolute Gasteiger partial charge is 0.480 e. The lowest BCUT2D eigenvalue weighted by molar-refractivity contribution is -0.127. The fourth-order valence-electron chi connectivity index (χ4n) is 1.98. The number of carbonyl (C=O) groups is 1. The van der Waals surface area contributed by atoms with Crippen molar-refractivity contribution in [1.82, 2.24) is 5.32 Å². The first-order chi connectivity index (χ1) is 9.85. The molecule has 0 aliphatic rings. The van der Waals surface area contributed by atoms with Crippen LogP contribution in [0.4, 0.5) is 0 Å². The number of amides is 1. The lowest BCUT2D eigenvalue weighted by Crippen LogP contribution is -2.36. The predicted octanol–water partition coefficient (Wildman–Crippen LogP) is 2.16. The molecular formula is C16H21BrN2O2. The van der Waals surface area contributed by atoms with E-state index in [4.69, 9.17) is 16.9 Å². The molecule has 2 unspecified atom stereocenters. The third-order valence-electron chi connectivity index (χ3n) is 2.89. The van der Waals surface area contributed by atoms with Crippen molar-refractivity contribution in [2.24, 2.45) is 5.73 Å². The van der Waals surface area contributed by atoms with E-state index >= 15 is 0 Å². The van der Waals surface area contributed by atoms with Crippen LogP contribution in [-0.4, -0.2) is 24.6 Å². The number of hydrogen-bond acceptors (Lipinski definition) is 3. The molecule has 0 aliphatic heterocycles. The first-order valence-corrected chi connectivity index (χ1v) is 7.56. The Hall–Kier alpha value is -1.51. The summed E-state index contributed by atoms with van der Waals surface area (Å²) in [6.07, 6.45) is 5.18. The highest BCUT2D eigenvalue weighted by Gasteiger charge is 2.18. The van der Waals surface area contributed by atoms with E-state index in [9.17, 15) is 4.79 Å². The van der Waals surface area contributed by atoms with Gasteiger partial charge in [-0.1, -0.05) is 21.9 Å². The van der Waals surface area contributed by atoms with Crippen molar-refractivity contribution in [3.8, 4) is 18.1 Å². The highest BCUT2D eigenvalue weighted by molar-refractivity contribution is 9.10. The van der Waals surface area contributed by atoms with E-state index in [0.29, 0.717) is 12.2 Å². The second-order valence-electron chi connectivity index (χ2n) is 5.07. The molecule has 0 saturated heterocycles. The van der Waals surface area contributed by atoms with E-state index in [0.717, 1.165) is 15.6 Å². The topological polar surface area (TPSA) is 64.3 Å². The van der Waals surface area contributed by atoms with Gasteiger partial charge in [0, 0.05) is 10.5 Å². The average Bonchev–Trinajstić information content (AvgIpc) is 2.38. The summed E-state index contributed by atoms with van der Waals surface area (Å²) in [7, 11) is 0. The smallest absolute Gasteiger partial charge is 0.261 e. The fraction of sp³-hybridized carbons (Fsp3) is 0.438. The maximum Gasteiger partial charge on any atom is 0.261 e. The third kappa shape index (κ3) is 5.41. The van der Waals surface area contributed by atoms with Gasteiger partial charge in [-0.2, -0.15) is 0 Å². The monoisotopic (exact) mass is 352 g/mol. The molecule has 21 heavy (non-hydrogen) atoms. The van der Waals surface area contributed by atoms with Gasteiger partial charge in [0.05, 0.1) is 6.54 Å². The summed E-state index contributed by atoms with van der Waals surface area (Å²) in [6.45, 7) is 5.77. The van der Waals surface area contributed by atoms with E-state index < -0.39 is 6.10 Å². The van der Waals surface area contributed by atoms with E-state index in [1.165, 1.54) is 0 Å². The SMILES string of the molecule is C#CCNC(=O)C(C)Oc1c(C)cc(Br)cc1CC(C)N. The van der Waals surface area contributed by atoms with Crippen molar-refractivity contribution >= 4 is 21.8 Å². The molecule has 0 fully saturated rings. The molecule has 4 nitrogen and oxygen atoms in total. The fourth-order valence-corrected chi connectivity index (χ4v) is 2.60. The second kappa shape index (κ2) is 8.06. The van der Waals surface area contributed by atoms with Gasteiger partial charge in [-0.3, -0.25) is 4.79 Å². The normalized spacial score (nSPS) is 13.1. The predicted molar refractivity (Wildman–Crippen MR) is 88.2 cm³/mol. The summed E-state index contributed by atoms with van der Waals surface area (Å²) in [5.41, 5.74) is 7.81. The zero-order valence-electron chi connectivity index (χ0n) is 12.6. The maximum absolute atomic E-state index is 11.9. The zero-order chi connectivity index (χ0) is 16.0. The van der Waals surface area contributed by atoms with Crippen molar-refractivity contribution in [3.05, 3.63) is 27.7 Å². The van der Waals surface area contributed by atoms with E-state index in [1.54, 1.807) is 6.92 Å². The van der Waals surface area contributed by atoms with Crippen molar-refractivity contribution in [2.45, 2.75) is 39.3 Å². The van der Waals surface area contributed by atoms with Crippen LogP contribution in [0.1, 0.15) is 25.0 Å². The first kappa shape index (κ1) is 17.5. The molecule has 1 rings (SSSR count). The Balaban J connectivity index is 2.96. The molecule has 3 N–H and O–H groups in total. The molecule has 1 aromatic carbocycles. The van der Waals surface area contributed by atoms with Gasteiger partial charge in [-0.05, 0) is 50.5 Å². The molecule has 1 aromatic rings. The third-order valence-corrected chi connectivity index (χ3v) is 3.34. The highest BCUT2D eigenvalue weighted by Crippen LogP contribution is 2.29. The molecule has 0 spiro atoms. The number of benzene rings is 1. The Morgan fingerprint density at radius 1 is 1.52 bits per heavy atom. The summed E-state index contributed by atoms with van der Waals surface area (Å²) < 4.78 is 6.80. The number of ether oxygens (including phenoxy) is 1. The Morgan fingerprint density at radius 2 is 2.19 bits per heavy atom. The number of hydrogen-bond donors (Lipinski definition) is 2. The molecule has 0 bridgehead atoms. The van der Waals surface area contributed by atoms with Crippen molar-refractivity contribution in [3.63, 3.8) is 0 Å². The number of terminal acetylenes is 1. The quantitative estimate of drug-likeness (QED) is 0.771. The molecule has 0 saturated carbocycles. The lowest BCUT2D eigenvalue weighted by Gasteiger charge is -2.20. The molecule has 0 radical (unpaired) electrons. The zero-order valence-corrected chi connectivity index (χ0v) is 14.2. The number of halogens is 1. The molecule has 0 heterocycles. The number of carbonyl (C=O) groups excluding carboxylic acids is 1. The summed E-state index contributed by atoms with van der Waals surface area (Å²) in [6, 6.07) is 3.93. The molecule has 114 valence electrons. The van der Waals surface area contributed by atoms with Gasteiger partial charge in [0.1, 0.15) is 5.75 Å². The molecular weight excluding hydrogens is 332 g/mol. The number of aryl methyl sites for hydroxylation is 1. The Morgan fingerprint density at radius 3 is 2.76 bits per heavy atom. The van der Waals surface area contributed by atoms with Crippen LogP contribution < -0.4 is 15.8 Å². The van der Waals surface area contributed by atoms with Gasteiger partial charge in [-0.15, -0.1) is 6.42 Å². The minimum Gasteiger partial charge on any atom is -0.480 e. The van der Waals surface area contributed by atoms with Gasteiger partial charge >= 0.3 is 0 Å². The number of rotatable bonds is 6. The van der Waals surface area contributed by atoms with Gasteiger partial charge in [0.25, 0.3) is 5.91 Å². The number of nitrogens with one attached hydrogen (secondary N) is 1. The maximum atomic E-state index is 11.9. The summed E-state index contributed by atoms with van der Waals surface area (Å²) >= 11 is 3.47. The van der Waals surface area contributed by atoms with Crippen LogP contribution in [-0.2, 0) is 11.2 Å². The Labute approximate surface area is 134 Å². The van der Waals surface area contributed by atoms with Crippen molar-refractivity contribution < 1.29 is 9.53 Å². The van der Waals surface area contributed by atoms with Gasteiger partial charge in [-0.25, -0.2) is 0 Å². The van der Waals surface area contributed by atoms with Crippen LogP contribution in [0.5, 0.6) is 5.75 Å². The molecule has 2 atom stereocenters. The van der Waals surface area contributed by atoms with E-state index in [-0.39, 0.29) is 18.5 Å². The summed E-state index contributed by atoms with van der Waals surface area (Å²) in [5.74, 6) is 2.84. The van der Waals surface area contributed by atoms with E-state index in [2.05, 4.69) is 27.2 Å². The minimum absolute atomic E-state index is 0.00613. The van der Waals surface area contributed by atoms with Crippen LogP contribution in [0, 0.1) is 19.3 Å². The molecule has 0 aliphatic carbocycles. The van der Waals surface area contributed by atoms with Crippen LogP contribution in [0.15, 0.2) is 16.6 Å².